The number of benzene rings is 7. The van der Waals surface area contributed by atoms with Gasteiger partial charge in [-0.05, 0) is 48.5 Å². The van der Waals surface area contributed by atoms with Gasteiger partial charge in [0.1, 0.15) is 23.3 Å². The lowest BCUT2D eigenvalue weighted by molar-refractivity contribution is 0.669. The predicted molar refractivity (Wildman–Crippen MR) is 202 cm³/mol. The van der Waals surface area contributed by atoms with Crippen molar-refractivity contribution in [1.82, 2.24) is 9.13 Å². The van der Waals surface area contributed by atoms with E-state index in [-0.39, 0.29) is 0 Å². The first kappa shape index (κ1) is 28.4. The molecule has 3 heterocycles. The summed E-state index contributed by atoms with van der Waals surface area (Å²) < 4.78 is 10.6. The molecule has 0 aliphatic heterocycles. The van der Waals surface area contributed by atoms with Crippen LogP contribution in [0.2, 0.25) is 0 Å². The lowest BCUT2D eigenvalue weighted by atomic mass is 9.93. The summed E-state index contributed by atoms with van der Waals surface area (Å²) in [5, 5.41) is 38.0. The lowest BCUT2D eigenvalue weighted by Crippen LogP contribution is -2.04. The molecule has 0 unspecified atom stereocenters. The molecule has 0 radical (unpaired) electrons. The molecule has 0 amide bonds. The highest BCUT2D eigenvalue weighted by Gasteiger charge is 2.24. The highest BCUT2D eigenvalue weighted by molar-refractivity contribution is 6.18. The smallest absolute Gasteiger partial charge is 0.137 e. The number of nitriles is 3. The fourth-order valence-corrected chi connectivity index (χ4v) is 7.88. The second kappa shape index (κ2) is 10.7. The minimum Gasteiger partial charge on any atom is -0.456 e. The third-order valence-corrected chi connectivity index (χ3v) is 10.0. The van der Waals surface area contributed by atoms with Crippen molar-refractivity contribution in [3.8, 4) is 40.7 Å². The van der Waals surface area contributed by atoms with Gasteiger partial charge in [-0.3, -0.25) is 0 Å². The summed E-state index contributed by atoms with van der Waals surface area (Å²) in [7, 11) is 0. The highest BCUT2D eigenvalue weighted by atomic mass is 16.3. The molecular formula is C45H23N5O. The molecule has 0 aliphatic carbocycles. The maximum Gasteiger partial charge on any atom is 0.137 e. The van der Waals surface area contributed by atoms with E-state index in [1.165, 1.54) is 0 Å². The van der Waals surface area contributed by atoms with Gasteiger partial charge < -0.3 is 13.6 Å². The Balaban J connectivity index is 1.33. The average molecular weight is 650 g/mol. The SMILES string of the molecule is N#Cc1cc(C#N)c(-n2c3ccccc3c3ccccc32)cc1-c1cccc(C#N)c1-n1c2ccccc2c2cc3c(cc21)oc1ccccc13. The van der Waals surface area contributed by atoms with Gasteiger partial charge in [0.2, 0.25) is 0 Å². The largest absolute Gasteiger partial charge is 0.456 e. The first-order valence-electron chi connectivity index (χ1n) is 16.5. The van der Waals surface area contributed by atoms with Crippen LogP contribution in [0.1, 0.15) is 16.7 Å². The van der Waals surface area contributed by atoms with Crippen molar-refractivity contribution in [2.24, 2.45) is 0 Å². The molecule has 0 fully saturated rings. The summed E-state index contributed by atoms with van der Waals surface area (Å²) in [6.07, 6.45) is 0. The monoisotopic (exact) mass is 649 g/mol. The van der Waals surface area contributed by atoms with Crippen LogP contribution in [-0.4, -0.2) is 9.13 Å². The van der Waals surface area contributed by atoms with Crippen LogP contribution in [0.3, 0.4) is 0 Å². The molecule has 6 heteroatoms. The van der Waals surface area contributed by atoms with Crippen LogP contribution in [0.5, 0.6) is 0 Å². The molecular weight excluding hydrogens is 627 g/mol. The van der Waals surface area contributed by atoms with Crippen LogP contribution < -0.4 is 0 Å². The molecule has 0 saturated carbocycles. The number of hydrogen-bond acceptors (Lipinski definition) is 4. The molecule has 0 aliphatic rings. The van der Waals surface area contributed by atoms with Crippen molar-refractivity contribution in [2.75, 3.05) is 0 Å². The number of furan rings is 1. The Morgan fingerprint density at radius 1 is 0.392 bits per heavy atom. The summed E-state index contributed by atoms with van der Waals surface area (Å²) >= 11 is 0. The van der Waals surface area contributed by atoms with Gasteiger partial charge in [0.05, 0.1) is 56.2 Å². The Bertz CT molecular complexity index is 3190. The van der Waals surface area contributed by atoms with E-state index in [0.717, 1.165) is 65.6 Å². The molecule has 0 saturated heterocycles. The van der Waals surface area contributed by atoms with Gasteiger partial charge in [0.25, 0.3) is 0 Å². The summed E-state index contributed by atoms with van der Waals surface area (Å²) in [6, 6.07) is 53.1. The number of hydrogen-bond donors (Lipinski definition) is 0. The summed E-state index contributed by atoms with van der Waals surface area (Å²) in [5.74, 6) is 0. The van der Waals surface area contributed by atoms with Crippen molar-refractivity contribution < 1.29 is 4.42 Å². The topological polar surface area (TPSA) is 94.4 Å². The van der Waals surface area contributed by atoms with E-state index < -0.39 is 0 Å². The fourth-order valence-electron chi connectivity index (χ4n) is 7.88. The first-order chi connectivity index (χ1) is 25.2. The Labute approximate surface area is 291 Å². The number of nitrogens with zero attached hydrogens (tertiary/aromatic N) is 5. The second-order valence-electron chi connectivity index (χ2n) is 12.6. The summed E-state index contributed by atoms with van der Waals surface area (Å²) in [6.45, 7) is 0. The van der Waals surface area contributed by atoms with E-state index in [1.54, 1.807) is 6.07 Å². The van der Waals surface area contributed by atoms with Gasteiger partial charge in [0.15, 0.2) is 0 Å². The summed E-state index contributed by atoms with van der Waals surface area (Å²) in [4.78, 5) is 0. The molecule has 51 heavy (non-hydrogen) atoms. The standard InChI is InChI=1S/C45H23N5O/c46-24-27-10-9-15-34(35-22-41(29(26-48)20-28(35)25-47)49-38-16-5-1-11-30(38)31-12-2-6-17-39(31)49)45(27)50-40-18-7-3-13-32(40)36-21-37-33-14-4-8-19-43(33)51-44(37)23-42(36)50/h1-23H. The summed E-state index contributed by atoms with van der Waals surface area (Å²) in [5.41, 5.74) is 9.05. The van der Waals surface area contributed by atoms with Gasteiger partial charge in [-0.2, -0.15) is 15.8 Å². The molecule has 10 rings (SSSR count). The van der Waals surface area contributed by atoms with Crippen molar-refractivity contribution >= 4 is 65.6 Å². The molecule has 0 N–H and O–H groups in total. The van der Waals surface area contributed by atoms with E-state index in [1.807, 2.05) is 91.0 Å². The normalized spacial score (nSPS) is 11.5. The van der Waals surface area contributed by atoms with Crippen molar-refractivity contribution in [3.05, 3.63) is 156 Å². The van der Waals surface area contributed by atoms with Crippen LogP contribution >= 0.6 is 0 Å². The van der Waals surface area contributed by atoms with Crippen LogP contribution in [0.25, 0.3) is 88.1 Å². The van der Waals surface area contributed by atoms with E-state index in [2.05, 4.69) is 69.8 Å². The molecule has 3 aromatic heterocycles. The Morgan fingerprint density at radius 3 is 1.65 bits per heavy atom. The Kier molecular flexibility index (Phi) is 5.97. The number of rotatable bonds is 3. The molecule has 0 bridgehead atoms. The van der Waals surface area contributed by atoms with Crippen LogP contribution in [0, 0.1) is 34.0 Å². The average Bonchev–Trinajstić information content (AvgIpc) is 3.83. The molecule has 7 aromatic carbocycles. The number of aromatic nitrogens is 2. The van der Waals surface area contributed by atoms with Crippen LogP contribution in [0.4, 0.5) is 0 Å². The Morgan fingerprint density at radius 2 is 0.980 bits per heavy atom. The van der Waals surface area contributed by atoms with Gasteiger partial charge in [-0.25, -0.2) is 0 Å². The van der Waals surface area contributed by atoms with E-state index in [4.69, 9.17) is 4.42 Å². The second-order valence-corrected chi connectivity index (χ2v) is 12.6. The van der Waals surface area contributed by atoms with Crippen molar-refractivity contribution in [3.63, 3.8) is 0 Å². The van der Waals surface area contributed by atoms with E-state index in [9.17, 15) is 15.8 Å². The quantitative estimate of drug-likeness (QED) is 0.190. The fraction of sp³-hybridized carbons (Fsp3) is 0. The van der Waals surface area contributed by atoms with Gasteiger partial charge in [-0.1, -0.05) is 84.9 Å². The van der Waals surface area contributed by atoms with Crippen LogP contribution in [0.15, 0.2) is 144 Å². The third kappa shape index (κ3) is 3.95. The minimum absolute atomic E-state index is 0.341. The predicted octanol–water partition coefficient (Wildman–Crippen LogP) is 11.1. The van der Waals surface area contributed by atoms with Crippen LogP contribution in [-0.2, 0) is 0 Å². The van der Waals surface area contributed by atoms with Gasteiger partial charge in [0, 0.05) is 49.5 Å². The molecule has 0 atom stereocenters. The molecule has 234 valence electrons. The first-order valence-corrected chi connectivity index (χ1v) is 16.5. The maximum atomic E-state index is 10.7. The number of para-hydroxylation sites is 5. The zero-order chi connectivity index (χ0) is 34.2. The molecule has 0 spiro atoms. The zero-order valence-electron chi connectivity index (χ0n) is 26.9. The lowest BCUT2D eigenvalue weighted by Gasteiger charge is -2.18. The highest BCUT2D eigenvalue weighted by Crippen LogP contribution is 2.43. The number of fused-ring (bicyclic) bond motifs is 9. The van der Waals surface area contributed by atoms with E-state index >= 15 is 0 Å². The third-order valence-electron chi connectivity index (χ3n) is 10.0. The van der Waals surface area contributed by atoms with Gasteiger partial charge in [-0.15, -0.1) is 0 Å². The molecule has 10 aromatic rings. The Hall–Kier alpha value is -7.59. The van der Waals surface area contributed by atoms with E-state index in [0.29, 0.717) is 39.2 Å². The van der Waals surface area contributed by atoms with Crippen molar-refractivity contribution in [2.45, 2.75) is 0 Å². The molecule has 6 nitrogen and oxygen atoms in total. The minimum atomic E-state index is 0.341. The maximum absolute atomic E-state index is 10.7. The zero-order valence-corrected chi connectivity index (χ0v) is 26.9. The van der Waals surface area contributed by atoms with Crippen molar-refractivity contribution in [1.29, 1.82) is 15.8 Å². The van der Waals surface area contributed by atoms with Gasteiger partial charge >= 0.3 is 0 Å².